The Kier molecular flexibility index (Phi) is 7.60. The second-order valence-electron chi connectivity index (χ2n) is 11.3. The summed E-state index contributed by atoms with van der Waals surface area (Å²) in [6.07, 6.45) is 9.57. The van der Waals surface area contributed by atoms with E-state index in [4.69, 9.17) is 9.94 Å². The minimum atomic E-state index is -0.324. The van der Waals surface area contributed by atoms with Crippen molar-refractivity contribution in [3.05, 3.63) is 24.3 Å². The van der Waals surface area contributed by atoms with Crippen molar-refractivity contribution in [3.63, 3.8) is 0 Å². The molecule has 8 heteroatoms. The van der Waals surface area contributed by atoms with Gasteiger partial charge in [-0.05, 0) is 67.2 Å². The van der Waals surface area contributed by atoms with Crippen molar-refractivity contribution in [2.75, 3.05) is 49.6 Å². The first-order valence-electron chi connectivity index (χ1n) is 13.4. The number of carbonyl (C=O) groups is 2. The zero-order valence-corrected chi connectivity index (χ0v) is 20.7. The molecule has 4 aliphatic rings. The van der Waals surface area contributed by atoms with Crippen LogP contribution in [0.5, 0.6) is 0 Å². The maximum Gasteiger partial charge on any atom is 0.243 e. The molecule has 0 radical (unpaired) electrons. The molecular formula is C27H40N4O4. The average molecular weight is 485 g/mol. The van der Waals surface area contributed by atoms with E-state index in [9.17, 15) is 9.59 Å². The monoisotopic (exact) mass is 484 g/mol. The number of ether oxygens (including phenoxy) is 1. The van der Waals surface area contributed by atoms with Gasteiger partial charge in [-0.15, -0.1) is 0 Å². The second kappa shape index (κ2) is 10.8. The number of nitrogens with zero attached hydrogens (tertiary/aromatic N) is 2. The quantitative estimate of drug-likeness (QED) is 0.367. The van der Waals surface area contributed by atoms with Gasteiger partial charge in [0.1, 0.15) is 0 Å². The van der Waals surface area contributed by atoms with E-state index in [0.717, 1.165) is 63.6 Å². The molecule has 1 aromatic carbocycles. The fourth-order valence-corrected chi connectivity index (χ4v) is 6.52. The van der Waals surface area contributed by atoms with Crippen LogP contribution in [0, 0.1) is 17.3 Å². The number of hydroxylamine groups is 1. The summed E-state index contributed by atoms with van der Waals surface area (Å²) in [6.45, 7) is 4.95. The molecule has 35 heavy (non-hydrogen) atoms. The topological polar surface area (TPSA) is 94.1 Å². The first kappa shape index (κ1) is 24.5. The standard InChI is InChI=1S/C27H40N4O4/c32-25(29-34)16-21(15-20-3-1-2-4-20)18-31-19-27(9-10-27)17-24(31)26(33)28-22-5-7-23(8-6-22)30-11-13-35-14-12-30/h5-8,20-21,24,34H,1-4,9-19H2,(H,28,33)(H,29,32)/t21-,24+/m1/s1. The number of rotatable bonds is 9. The predicted molar refractivity (Wildman–Crippen MR) is 134 cm³/mol. The number of nitrogens with one attached hydrogen (secondary N) is 2. The molecule has 2 saturated carbocycles. The van der Waals surface area contributed by atoms with Gasteiger partial charge in [0.25, 0.3) is 0 Å². The average Bonchev–Trinajstić information content (AvgIpc) is 3.25. The lowest BCUT2D eigenvalue weighted by atomic mass is 9.90. The summed E-state index contributed by atoms with van der Waals surface area (Å²) in [5, 5.41) is 12.3. The van der Waals surface area contributed by atoms with Crippen LogP contribution in [0.3, 0.4) is 0 Å². The zero-order chi connectivity index (χ0) is 24.3. The third kappa shape index (κ3) is 6.16. The molecule has 3 N–H and O–H groups in total. The molecule has 2 aliphatic heterocycles. The molecule has 2 aliphatic carbocycles. The van der Waals surface area contributed by atoms with Gasteiger partial charge in [-0.1, -0.05) is 25.7 Å². The number of morpholine rings is 1. The largest absolute Gasteiger partial charge is 0.378 e. The van der Waals surface area contributed by atoms with E-state index < -0.39 is 0 Å². The highest BCUT2D eigenvalue weighted by molar-refractivity contribution is 5.95. The fourth-order valence-electron chi connectivity index (χ4n) is 6.52. The van der Waals surface area contributed by atoms with Gasteiger partial charge in [0.2, 0.25) is 11.8 Å². The molecule has 5 rings (SSSR count). The molecule has 1 aromatic rings. The van der Waals surface area contributed by atoms with Gasteiger partial charge in [-0.2, -0.15) is 0 Å². The van der Waals surface area contributed by atoms with E-state index in [2.05, 4.69) is 27.2 Å². The Morgan fingerprint density at radius 2 is 1.83 bits per heavy atom. The summed E-state index contributed by atoms with van der Waals surface area (Å²) < 4.78 is 5.44. The molecule has 2 heterocycles. The minimum absolute atomic E-state index is 0.0547. The zero-order valence-electron chi connectivity index (χ0n) is 20.7. The molecule has 2 atom stereocenters. The molecule has 0 bridgehead atoms. The van der Waals surface area contributed by atoms with Crippen molar-refractivity contribution in [1.82, 2.24) is 10.4 Å². The third-order valence-corrected chi connectivity index (χ3v) is 8.61. The molecule has 8 nitrogen and oxygen atoms in total. The van der Waals surface area contributed by atoms with E-state index >= 15 is 0 Å². The highest BCUT2D eigenvalue weighted by atomic mass is 16.5. The van der Waals surface area contributed by atoms with Crippen LogP contribution in [-0.4, -0.2) is 67.4 Å². The van der Waals surface area contributed by atoms with Crippen molar-refractivity contribution >= 4 is 23.2 Å². The molecule has 2 saturated heterocycles. The van der Waals surface area contributed by atoms with Gasteiger partial charge < -0.3 is 15.0 Å². The van der Waals surface area contributed by atoms with E-state index in [1.807, 2.05) is 17.6 Å². The van der Waals surface area contributed by atoms with Gasteiger partial charge in [-0.3, -0.25) is 19.7 Å². The van der Waals surface area contributed by atoms with Crippen molar-refractivity contribution in [1.29, 1.82) is 0 Å². The van der Waals surface area contributed by atoms with Crippen LogP contribution in [0.4, 0.5) is 11.4 Å². The van der Waals surface area contributed by atoms with E-state index in [1.54, 1.807) is 0 Å². The fraction of sp³-hybridized carbons (Fsp3) is 0.704. The van der Waals surface area contributed by atoms with Crippen molar-refractivity contribution in [2.45, 2.75) is 63.8 Å². The Labute approximate surface area is 208 Å². The minimum Gasteiger partial charge on any atom is -0.378 e. The van der Waals surface area contributed by atoms with Gasteiger partial charge in [0.05, 0.1) is 19.3 Å². The number of hydrogen-bond acceptors (Lipinski definition) is 6. The maximum atomic E-state index is 13.4. The molecular weight excluding hydrogens is 444 g/mol. The normalized spacial score (nSPS) is 25.1. The Balaban J connectivity index is 1.23. The molecule has 4 fully saturated rings. The van der Waals surface area contributed by atoms with Crippen LogP contribution in [-0.2, 0) is 14.3 Å². The summed E-state index contributed by atoms with van der Waals surface area (Å²) in [7, 11) is 0. The summed E-state index contributed by atoms with van der Waals surface area (Å²) in [5.41, 5.74) is 4.08. The first-order valence-corrected chi connectivity index (χ1v) is 13.4. The van der Waals surface area contributed by atoms with Gasteiger partial charge in [-0.25, -0.2) is 5.48 Å². The van der Waals surface area contributed by atoms with Crippen molar-refractivity contribution < 1.29 is 19.5 Å². The Morgan fingerprint density at radius 1 is 1.11 bits per heavy atom. The van der Waals surface area contributed by atoms with Crippen molar-refractivity contribution in [3.8, 4) is 0 Å². The predicted octanol–water partition coefficient (Wildman–Crippen LogP) is 3.41. The Hall–Kier alpha value is -2.16. The molecule has 0 unspecified atom stereocenters. The van der Waals surface area contributed by atoms with Crippen LogP contribution in [0.25, 0.3) is 0 Å². The lowest BCUT2D eigenvalue weighted by molar-refractivity contribution is -0.130. The Morgan fingerprint density at radius 3 is 2.49 bits per heavy atom. The summed E-state index contributed by atoms with van der Waals surface area (Å²) in [4.78, 5) is 30.1. The SMILES string of the molecule is O=C(C[C@@H](CC1CCCC1)CN1CC2(CC2)C[C@H]1C(=O)Nc1ccc(N2CCOCC2)cc1)NO. The van der Waals surface area contributed by atoms with Crippen LogP contribution < -0.4 is 15.7 Å². The highest BCUT2D eigenvalue weighted by Gasteiger charge is 2.54. The van der Waals surface area contributed by atoms with Crippen LogP contribution in [0.2, 0.25) is 0 Å². The van der Waals surface area contributed by atoms with Gasteiger partial charge >= 0.3 is 0 Å². The van der Waals surface area contributed by atoms with Crippen molar-refractivity contribution in [2.24, 2.45) is 17.3 Å². The van der Waals surface area contributed by atoms with E-state index in [-0.39, 0.29) is 29.2 Å². The molecule has 1 spiro atoms. The van der Waals surface area contributed by atoms with Crippen LogP contribution >= 0.6 is 0 Å². The molecule has 0 aromatic heterocycles. The first-order chi connectivity index (χ1) is 17.0. The molecule has 192 valence electrons. The van der Waals surface area contributed by atoms with Gasteiger partial charge in [0, 0.05) is 44.0 Å². The highest BCUT2D eigenvalue weighted by Crippen LogP contribution is 2.55. The van der Waals surface area contributed by atoms with E-state index in [1.165, 1.54) is 38.5 Å². The molecule has 2 amide bonds. The lowest BCUT2D eigenvalue weighted by Crippen LogP contribution is -2.43. The summed E-state index contributed by atoms with van der Waals surface area (Å²) >= 11 is 0. The lowest BCUT2D eigenvalue weighted by Gasteiger charge is -2.30. The number of carbonyl (C=O) groups excluding carboxylic acids is 2. The number of benzene rings is 1. The summed E-state index contributed by atoms with van der Waals surface area (Å²) in [5.74, 6) is 0.539. The number of likely N-dealkylation sites (tertiary alicyclic amines) is 1. The smallest absolute Gasteiger partial charge is 0.243 e. The van der Waals surface area contributed by atoms with Crippen LogP contribution in [0.1, 0.15) is 57.8 Å². The number of amides is 2. The number of anilines is 2. The number of hydrogen-bond donors (Lipinski definition) is 3. The van der Waals surface area contributed by atoms with E-state index in [0.29, 0.717) is 12.3 Å². The third-order valence-electron chi connectivity index (χ3n) is 8.61. The van der Waals surface area contributed by atoms with Crippen LogP contribution in [0.15, 0.2) is 24.3 Å². The maximum absolute atomic E-state index is 13.4. The van der Waals surface area contributed by atoms with Gasteiger partial charge in [0.15, 0.2) is 0 Å². The summed E-state index contributed by atoms with van der Waals surface area (Å²) in [6, 6.07) is 7.95. The second-order valence-corrected chi connectivity index (χ2v) is 11.3. The Bertz CT molecular complexity index is 876.